The monoisotopic (exact) mass is 344 g/mol. The number of hydrogen-bond acceptors (Lipinski definition) is 4. The smallest absolute Gasteiger partial charge is 0.315 e. The first kappa shape index (κ1) is 17.0. The summed E-state index contributed by atoms with van der Waals surface area (Å²) in [6.07, 6.45) is 7.69. The topological polar surface area (TPSA) is 84.5 Å². The summed E-state index contributed by atoms with van der Waals surface area (Å²) >= 11 is 0. The third-order valence-electron chi connectivity index (χ3n) is 5.93. The van der Waals surface area contributed by atoms with Crippen LogP contribution in [-0.4, -0.2) is 51.8 Å². The molecule has 1 aliphatic heterocycles. The molecule has 1 unspecified atom stereocenters. The molecule has 2 N–H and O–H groups in total. The lowest BCUT2D eigenvalue weighted by Gasteiger charge is -2.27. The second-order valence-electron chi connectivity index (χ2n) is 7.56. The Morgan fingerprint density at radius 2 is 1.83 bits per heavy atom. The number of hydrogen-bond donors (Lipinski definition) is 2. The zero-order valence-electron chi connectivity index (χ0n) is 13.8. The van der Waals surface area contributed by atoms with Crippen LogP contribution in [0, 0.1) is 11.3 Å². The summed E-state index contributed by atoms with van der Waals surface area (Å²) in [7, 11) is -2.91. The summed E-state index contributed by atoms with van der Waals surface area (Å²) in [5, 5.41) is 5.87. The maximum atomic E-state index is 12.0. The van der Waals surface area contributed by atoms with Crippen LogP contribution in [0.1, 0.15) is 44.9 Å². The Hall–Kier alpha value is -0.820. The Labute approximate surface area is 138 Å². The standard InChI is InChI=1S/C16H28N2O4S/c1-23(20,21)13-4-2-12(3-5-13)11-17-15(19)18-14-10-16(14)6-8-22-9-7-16/h12-14H,2-11H2,1H3,(H2,17,18,19). The largest absolute Gasteiger partial charge is 0.381 e. The molecule has 3 rings (SSSR count). The van der Waals surface area contributed by atoms with Crippen LogP contribution in [0.4, 0.5) is 4.79 Å². The Morgan fingerprint density at radius 1 is 1.17 bits per heavy atom. The minimum absolute atomic E-state index is 0.0800. The Kier molecular flexibility index (Phi) is 4.88. The molecule has 0 aromatic rings. The van der Waals surface area contributed by atoms with E-state index in [4.69, 9.17) is 4.74 Å². The minimum atomic E-state index is -2.91. The molecule has 0 aromatic heterocycles. The Balaban J connectivity index is 1.34. The second-order valence-corrected chi connectivity index (χ2v) is 9.88. The normalized spacial score (nSPS) is 33.2. The van der Waals surface area contributed by atoms with Crippen LogP contribution in [0.15, 0.2) is 0 Å². The third-order valence-corrected chi connectivity index (χ3v) is 7.62. The van der Waals surface area contributed by atoms with Gasteiger partial charge in [-0.25, -0.2) is 13.2 Å². The SMILES string of the molecule is CS(=O)(=O)C1CCC(CNC(=O)NC2CC23CCOCC3)CC1. The van der Waals surface area contributed by atoms with Gasteiger partial charge in [0.25, 0.3) is 0 Å². The zero-order chi connectivity index (χ0) is 16.5. The van der Waals surface area contributed by atoms with Gasteiger partial charge in [-0.1, -0.05) is 0 Å². The lowest BCUT2D eigenvalue weighted by atomic mass is 9.89. The average Bonchev–Trinajstić information content (AvgIpc) is 3.16. The van der Waals surface area contributed by atoms with Crippen molar-refractivity contribution in [2.45, 2.75) is 56.2 Å². The van der Waals surface area contributed by atoms with E-state index in [1.165, 1.54) is 6.26 Å². The molecule has 0 bridgehead atoms. The Morgan fingerprint density at radius 3 is 2.43 bits per heavy atom. The number of sulfone groups is 1. The molecule has 1 heterocycles. The molecular formula is C16H28N2O4S. The first-order chi connectivity index (χ1) is 10.9. The van der Waals surface area contributed by atoms with E-state index >= 15 is 0 Å². The van der Waals surface area contributed by atoms with Gasteiger partial charge in [-0.05, 0) is 56.3 Å². The van der Waals surface area contributed by atoms with Crippen LogP contribution in [0.5, 0.6) is 0 Å². The minimum Gasteiger partial charge on any atom is -0.381 e. The fraction of sp³-hybridized carbons (Fsp3) is 0.938. The van der Waals surface area contributed by atoms with Crippen molar-refractivity contribution in [1.82, 2.24) is 10.6 Å². The van der Waals surface area contributed by atoms with Gasteiger partial charge in [-0.2, -0.15) is 0 Å². The van der Waals surface area contributed by atoms with Crippen molar-refractivity contribution in [3.63, 3.8) is 0 Å². The molecule has 0 radical (unpaired) electrons. The van der Waals surface area contributed by atoms with Gasteiger partial charge < -0.3 is 15.4 Å². The molecule has 2 amide bonds. The van der Waals surface area contributed by atoms with Crippen LogP contribution in [0.25, 0.3) is 0 Å². The number of rotatable bonds is 4. The van der Waals surface area contributed by atoms with Gasteiger partial charge in [0.15, 0.2) is 0 Å². The fourth-order valence-electron chi connectivity index (χ4n) is 4.09. The second kappa shape index (κ2) is 6.59. The first-order valence-corrected chi connectivity index (χ1v) is 10.7. The van der Waals surface area contributed by atoms with Gasteiger partial charge in [-0.3, -0.25) is 0 Å². The molecule has 2 saturated carbocycles. The summed E-state index contributed by atoms with van der Waals surface area (Å²) in [5.74, 6) is 0.398. The van der Waals surface area contributed by atoms with Crippen molar-refractivity contribution >= 4 is 15.9 Å². The van der Waals surface area contributed by atoms with E-state index in [1.807, 2.05) is 0 Å². The highest BCUT2D eigenvalue weighted by molar-refractivity contribution is 7.91. The lowest BCUT2D eigenvalue weighted by Crippen LogP contribution is -2.42. The van der Waals surface area contributed by atoms with Gasteiger partial charge in [0, 0.05) is 32.1 Å². The highest BCUT2D eigenvalue weighted by Gasteiger charge is 2.55. The summed E-state index contributed by atoms with van der Waals surface area (Å²) in [5.41, 5.74) is 0.295. The van der Waals surface area contributed by atoms with Crippen LogP contribution in [0.2, 0.25) is 0 Å². The summed E-state index contributed by atoms with van der Waals surface area (Å²) in [4.78, 5) is 12.0. The fourth-order valence-corrected chi connectivity index (χ4v) is 5.22. The maximum Gasteiger partial charge on any atom is 0.315 e. The quantitative estimate of drug-likeness (QED) is 0.808. The van der Waals surface area contributed by atoms with Gasteiger partial charge in [0.2, 0.25) is 0 Å². The van der Waals surface area contributed by atoms with Crippen LogP contribution >= 0.6 is 0 Å². The predicted octanol–water partition coefficient (Wildman–Crippen LogP) is 1.46. The number of carbonyl (C=O) groups excluding carboxylic acids is 1. The summed E-state index contributed by atoms with van der Waals surface area (Å²) in [6.45, 7) is 2.26. The highest BCUT2D eigenvalue weighted by Crippen LogP contribution is 2.53. The molecule has 23 heavy (non-hydrogen) atoms. The Bertz CT molecular complexity index is 534. The number of urea groups is 1. The molecule has 0 aromatic carbocycles. The molecular weight excluding hydrogens is 316 g/mol. The molecule has 3 fully saturated rings. The highest BCUT2D eigenvalue weighted by atomic mass is 32.2. The molecule has 1 atom stereocenters. The number of nitrogens with one attached hydrogen (secondary N) is 2. The van der Waals surface area contributed by atoms with Crippen molar-refractivity contribution in [3.05, 3.63) is 0 Å². The van der Waals surface area contributed by atoms with E-state index in [2.05, 4.69) is 10.6 Å². The molecule has 1 saturated heterocycles. The van der Waals surface area contributed by atoms with Crippen molar-refractivity contribution < 1.29 is 17.9 Å². The zero-order valence-corrected chi connectivity index (χ0v) is 14.7. The third kappa shape index (κ3) is 4.18. The van der Waals surface area contributed by atoms with E-state index in [1.54, 1.807) is 0 Å². The van der Waals surface area contributed by atoms with Crippen molar-refractivity contribution in [3.8, 4) is 0 Å². The van der Waals surface area contributed by atoms with Gasteiger partial charge >= 0.3 is 6.03 Å². The van der Waals surface area contributed by atoms with Crippen LogP contribution in [0.3, 0.4) is 0 Å². The lowest BCUT2D eigenvalue weighted by molar-refractivity contribution is 0.0547. The average molecular weight is 344 g/mol. The van der Waals surface area contributed by atoms with Crippen molar-refractivity contribution in [1.29, 1.82) is 0 Å². The maximum absolute atomic E-state index is 12.0. The summed E-state index contributed by atoms with van der Waals surface area (Å²) < 4.78 is 28.5. The molecule has 3 aliphatic rings. The van der Waals surface area contributed by atoms with E-state index in [-0.39, 0.29) is 11.3 Å². The number of ether oxygens (including phenoxy) is 1. The van der Waals surface area contributed by atoms with Crippen LogP contribution < -0.4 is 10.6 Å². The molecule has 6 nitrogen and oxygen atoms in total. The first-order valence-electron chi connectivity index (χ1n) is 8.70. The molecule has 7 heteroatoms. The van der Waals surface area contributed by atoms with Gasteiger partial charge in [0.05, 0.1) is 5.25 Å². The van der Waals surface area contributed by atoms with Crippen LogP contribution in [-0.2, 0) is 14.6 Å². The van der Waals surface area contributed by atoms with E-state index in [9.17, 15) is 13.2 Å². The van der Waals surface area contributed by atoms with Gasteiger partial charge in [-0.15, -0.1) is 0 Å². The predicted molar refractivity (Wildman–Crippen MR) is 88.0 cm³/mol. The number of amides is 2. The van der Waals surface area contributed by atoms with E-state index in [0.29, 0.717) is 23.9 Å². The number of carbonyl (C=O) groups is 1. The molecule has 2 aliphatic carbocycles. The van der Waals surface area contributed by atoms with E-state index < -0.39 is 9.84 Å². The summed E-state index contributed by atoms with van der Waals surface area (Å²) in [6, 6.07) is 0.218. The van der Waals surface area contributed by atoms with Gasteiger partial charge in [0.1, 0.15) is 9.84 Å². The van der Waals surface area contributed by atoms with Crippen molar-refractivity contribution in [2.75, 3.05) is 26.0 Å². The van der Waals surface area contributed by atoms with E-state index in [0.717, 1.165) is 58.2 Å². The van der Waals surface area contributed by atoms with Crippen molar-refractivity contribution in [2.24, 2.45) is 11.3 Å². The molecule has 1 spiro atoms. The molecule has 132 valence electrons.